The van der Waals surface area contributed by atoms with Crippen molar-refractivity contribution in [3.63, 3.8) is 0 Å². The van der Waals surface area contributed by atoms with Crippen LogP contribution in [0, 0.1) is 0 Å². The molecule has 0 aromatic heterocycles. The van der Waals surface area contributed by atoms with Gasteiger partial charge in [-0.3, -0.25) is 4.31 Å². The van der Waals surface area contributed by atoms with E-state index in [0.29, 0.717) is 0 Å². The van der Waals surface area contributed by atoms with E-state index >= 15 is 0 Å². The first kappa shape index (κ1) is 20.2. The van der Waals surface area contributed by atoms with Crippen LogP contribution < -0.4 is 9.79 Å². The van der Waals surface area contributed by atoms with E-state index in [1.165, 1.54) is 0 Å². The summed E-state index contributed by atoms with van der Waals surface area (Å²) in [5.74, 6) is 0. The molecule has 0 aromatic carbocycles. The standard InChI is InChI=1S/CH2Cl2.2CH3.H4O5P2.Sn/c2-1-3;;;1-6(2)5-7(3)4;/h1H2;2*1H3;6-7H,(H,1,2)(H,3,4);/q;;;;+2/p-2. The first-order valence-corrected chi connectivity index (χ1v) is 12.0. The van der Waals surface area contributed by atoms with Crippen LogP contribution in [0.4, 0.5) is 0 Å². The van der Waals surface area contributed by atoms with E-state index in [4.69, 9.17) is 23.2 Å². The Balaban J connectivity index is -0.000000140. The van der Waals surface area contributed by atoms with Gasteiger partial charge in [0.25, 0.3) is 0 Å². The van der Waals surface area contributed by atoms with Crippen molar-refractivity contribution in [2.24, 2.45) is 0 Å². The van der Waals surface area contributed by atoms with Gasteiger partial charge in [-0.1, -0.05) is 0 Å². The molecule has 0 N–H and O–H groups in total. The van der Waals surface area contributed by atoms with Gasteiger partial charge in [0.1, 0.15) is 16.5 Å². The van der Waals surface area contributed by atoms with Crippen LogP contribution in [0.15, 0.2) is 0 Å². The van der Waals surface area contributed by atoms with Gasteiger partial charge in [0.05, 0.1) is 5.34 Å². The first-order valence-electron chi connectivity index (χ1n) is 2.76. The predicted octanol–water partition coefficient (Wildman–Crippen LogP) is 0.711. The second kappa shape index (κ2) is 19.3. The maximum absolute atomic E-state index is 9.29. The SMILES string of the molecule is ClCCl.O=[PH]([O-])O[PH](=O)[O-].[CH3][Sn+2][CH3]. The monoisotopic (exact) mass is 378 g/mol. The van der Waals surface area contributed by atoms with Gasteiger partial charge in [-0.25, -0.2) is 0 Å². The van der Waals surface area contributed by atoms with Crippen molar-refractivity contribution < 1.29 is 23.2 Å². The molecule has 13 heavy (non-hydrogen) atoms. The summed E-state index contributed by atoms with van der Waals surface area (Å²) < 4.78 is 21.8. The van der Waals surface area contributed by atoms with Crippen LogP contribution in [0.3, 0.4) is 0 Å². The van der Waals surface area contributed by atoms with Crippen LogP contribution in [-0.2, 0) is 13.4 Å². The van der Waals surface area contributed by atoms with E-state index in [2.05, 4.69) is 14.2 Å². The molecule has 0 aliphatic rings. The van der Waals surface area contributed by atoms with Gasteiger partial charge in [-0.15, -0.1) is 23.2 Å². The second-order valence-corrected chi connectivity index (χ2v) is 6.68. The summed E-state index contributed by atoms with van der Waals surface area (Å²) in [5, 5.41) is 0.194. The van der Waals surface area contributed by atoms with Crippen molar-refractivity contribution in [2.45, 2.75) is 9.88 Å². The molecule has 0 heterocycles. The number of hydrogen-bond donors (Lipinski definition) is 0. The molecule has 0 aromatic rings. The van der Waals surface area contributed by atoms with Crippen LogP contribution >= 0.6 is 39.7 Å². The van der Waals surface area contributed by atoms with Crippen LogP contribution in [0.1, 0.15) is 0 Å². The number of alkyl halides is 2. The Hall–Kier alpha value is 1.72. The zero-order valence-corrected chi connectivity index (χ0v) is 13.4. The zero-order valence-electron chi connectivity index (χ0n) is 7.00. The van der Waals surface area contributed by atoms with Gasteiger partial charge < -0.3 is 18.9 Å². The van der Waals surface area contributed by atoms with Gasteiger partial charge in [0.15, 0.2) is 0 Å². The average molecular weight is 378 g/mol. The summed E-state index contributed by atoms with van der Waals surface area (Å²) in [6.45, 7) is 0. The Bertz CT molecular complexity index is 123. The van der Waals surface area contributed by atoms with Crippen molar-refractivity contribution in [3.05, 3.63) is 0 Å². The van der Waals surface area contributed by atoms with Gasteiger partial charge >= 0.3 is 31.0 Å². The topological polar surface area (TPSA) is 89.5 Å². The molecule has 0 radical (unpaired) electrons. The van der Waals surface area contributed by atoms with E-state index in [9.17, 15) is 18.9 Å². The third-order valence-corrected chi connectivity index (χ3v) is 1.50. The third kappa shape index (κ3) is 57.6. The Kier molecular flexibility index (Phi) is 30.0. The number of rotatable bonds is 2. The summed E-state index contributed by atoms with van der Waals surface area (Å²) in [4.78, 5) is 23.2. The molecular formula is C3H10Cl2O5P2Sn. The summed E-state index contributed by atoms with van der Waals surface area (Å²) in [6, 6.07) is 0. The molecule has 0 fully saturated rings. The van der Waals surface area contributed by atoms with Crippen molar-refractivity contribution in [1.82, 2.24) is 0 Å². The minimum atomic E-state index is -3.51. The molecule has 0 amide bonds. The van der Waals surface area contributed by atoms with Crippen LogP contribution in [0.25, 0.3) is 0 Å². The molecule has 0 saturated carbocycles. The molecule has 0 spiro atoms. The molecule has 0 saturated heterocycles. The molecular weight excluding hydrogens is 368 g/mol. The molecule has 0 aliphatic heterocycles. The molecule has 0 bridgehead atoms. The summed E-state index contributed by atoms with van der Waals surface area (Å²) in [6.07, 6.45) is 0. The summed E-state index contributed by atoms with van der Waals surface area (Å²) >= 11 is 9.76. The molecule has 0 rings (SSSR count). The molecule has 80 valence electrons. The van der Waals surface area contributed by atoms with E-state index in [0.717, 1.165) is 0 Å². The van der Waals surface area contributed by atoms with Crippen LogP contribution in [-0.4, -0.2) is 26.5 Å². The average Bonchev–Trinajstić information content (AvgIpc) is 1.86. The van der Waals surface area contributed by atoms with Crippen molar-refractivity contribution in [1.29, 1.82) is 0 Å². The number of halogens is 2. The van der Waals surface area contributed by atoms with Crippen molar-refractivity contribution in [3.8, 4) is 0 Å². The quantitative estimate of drug-likeness (QED) is 0.402. The second-order valence-electron chi connectivity index (χ2n) is 1.20. The van der Waals surface area contributed by atoms with Crippen molar-refractivity contribution >= 4 is 60.9 Å². The fourth-order valence-corrected chi connectivity index (χ4v) is 0.612. The molecule has 2 unspecified atom stereocenters. The van der Waals surface area contributed by atoms with Crippen LogP contribution in [0.2, 0.25) is 9.88 Å². The normalized spacial score (nSPS) is 12.2. The zero-order chi connectivity index (χ0) is 11.3. The van der Waals surface area contributed by atoms with Gasteiger partial charge in [-0.2, -0.15) is 0 Å². The summed E-state index contributed by atoms with van der Waals surface area (Å²) in [7, 11) is -7.03. The minimum absolute atomic E-state index is 0.194. The van der Waals surface area contributed by atoms with Crippen LogP contribution in [0.5, 0.6) is 0 Å². The van der Waals surface area contributed by atoms with Gasteiger partial charge in [0, 0.05) is 0 Å². The Morgan fingerprint density at radius 2 is 1.38 bits per heavy atom. The Morgan fingerprint density at radius 3 is 1.38 bits per heavy atom. The van der Waals surface area contributed by atoms with Gasteiger partial charge in [0.2, 0.25) is 0 Å². The number of hydrogen-bond acceptors (Lipinski definition) is 5. The van der Waals surface area contributed by atoms with E-state index in [-0.39, 0.29) is 26.5 Å². The maximum atomic E-state index is 9.29. The van der Waals surface area contributed by atoms with Gasteiger partial charge in [-0.05, 0) is 0 Å². The van der Waals surface area contributed by atoms with E-state index in [1.807, 2.05) is 0 Å². The molecule has 2 atom stereocenters. The third-order valence-electron chi connectivity index (χ3n) is 0.167. The molecule has 10 heteroatoms. The molecule has 0 aliphatic carbocycles. The predicted molar refractivity (Wildman–Crippen MR) is 53.1 cm³/mol. The fraction of sp³-hybridized carbons (Fsp3) is 1.00. The Labute approximate surface area is 98.9 Å². The van der Waals surface area contributed by atoms with E-state index < -0.39 is 16.5 Å². The first-order chi connectivity index (χ1) is 5.95. The van der Waals surface area contributed by atoms with E-state index in [1.54, 1.807) is 0 Å². The fourth-order valence-electron chi connectivity index (χ4n) is 0.0680. The van der Waals surface area contributed by atoms with Crippen molar-refractivity contribution in [2.75, 3.05) is 5.34 Å². The Morgan fingerprint density at radius 1 is 1.23 bits per heavy atom. The summed E-state index contributed by atoms with van der Waals surface area (Å²) in [5.41, 5.74) is 0. The molecule has 5 nitrogen and oxygen atoms in total.